The smallest absolute Gasteiger partial charge is 0.164 e. The highest BCUT2D eigenvalue weighted by molar-refractivity contribution is 5.15. The van der Waals surface area contributed by atoms with Gasteiger partial charge in [-0.1, -0.05) is 60.7 Å². The molecule has 6 nitrogen and oxygen atoms in total. The summed E-state index contributed by atoms with van der Waals surface area (Å²) < 4.78 is 24.1. The molecule has 2 aromatic rings. The molecular weight excluding hydrogens is 372 g/mol. The number of fused-ring (bicyclic) bond motifs is 1. The summed E-state index contributed by atoms with van der Waals surface area (Å²) in [6.45, 7) is 4.23. The second-order valence-corrected chi connectivity index (χ2v) is 8.07. The molecule has 1 heterocycles. The zero-order chi connectivity index (χ0) is 20.4. The van der Waals surface area contributed by atoms with Crippen LogP contribution in [0.5, 0.6) is 0 Å². The van der Waals surface area contributed by atoms with Gasteiger partial charge in [-0.25, -0.2) is 0 Å². The Kier molecular flexibility index (Phi) is 6.01. The van der Waals surface area contributed by atoms with Crippen LogP contribution >= 0.6 is 0 Å². The average Bonchev–Trinajstić information content (AvgIpc) is 3.04. The summed E-state index contributed by atoms with van der Waals surface area (Å²) in [6.07, 6.45) is -4.86. The number of hydrogen-bond donors (Lipinski definition) is 2. The van der Waals surface area contributed by atoms with Gasteiger partial charge in [0, 0.05) is 0 Å². The van der Waals surface area contributed by atoms with Crippen LogP contribution in [0.25, 0.3) is 0 Å². The lowest BCUT2D eigenvalue weighted by molar-refractivity contribution is -0.223. The molecule has 1 aliphatic heterocycles. The van der Waals surface area contributed by atoms with Crippen molar-refractivity contribution in [3.8, 4) is 0 Å². The Morgan fingerprint density at radius 3 is 1.48 bits per heavy atom. The number of rotatable bonds is 6. The fourth-order valence-electron chi connectivity index (χ4n) is 4.02. The Labute approximate surface area is 171 Å². The van der Waals surface area contributed by atoms with Crippen LogP contribution in [-0.4, -0.2) is 52.6 Å². The molecular formula is C23H28O6. The molecule has 0 amide bonds. The van der Waals surface area contributed by atoms with E-state index in [4.69, 9.17) is 18.9 Å². The molecule has 156 valence electrons. The number of hydrogen-bond acceptors (Lipinski definition) is 6. The van der Waals surface area contributed by atoms with Gasteiger partial charge in [-0.3, -0.25) is 0 Å². The van der Waals surface area contributed by atoms with Gasteiger partial charge in [-0.2, -0.15) is 0 Å². The van der Waals surface area contributed by atoms with E-state index in [1.165, 1.54) is 0 Å². The molecule has 29 heavy (non-hydrogen) atoms. The molecule has 2 fully saturated rings. The summed E-state index contributed by atoms with van der Waals surface area (Å²) in [6, 6.07) is 19.4. The number of benzene rings is 2. The molecule has 6 atom stereocenters. The first kappa shape index (κ1) is 20.5. The Balaban J connectivity index is 1.50. The van der Waals surface area contributed by atoms with Crippen LogP contribution in [0.1, 0.15) is 25.0 Å². The fourth-order valence-corrected chi connectivity index (χ4v) is 4.02. The zero-order valence-electron chi connectivity index (χ0n) is 16.7. The van der Waals surface area contributed by atoms with E-state index in [1.54, 1.807) is 0 Å². The number of aliphatic hydroxyl groups excluding tert-OH is 2. The SMILES string of the molecule is CC1(C)OC2C(OCc3ccccc3)C(O)C(O)C(OCc3ccccc3)C2O1. The molecule has 1 saturated carbocycles. The van der Waals surface area contributed by atoms with E-state index in [9.17, 15) is 10.2 Å². The van der Waals surface area contributed by atoms with Gasteiger partial charge in [0.25, 0.3) is 0 Å². The van der Waals surface area contributed by atoms with E-state index >= 15 is 0 Å². The third-order valence-electron chi connectivity index (χ3n) is 5.40. The zero-order valence-corrected chi connectivity index (χ0v) is 16.7. The molecule has 0 bridgehead atoms. The quantitative estimate of drug-likeness (QED) is 0.776. The Morgan fingerprint density at radius 1 is 0.724 bits per heavy atom. The molecule has 1 saturated heterocycles. The maximum absolute atomic E-state index is 10.8. The molecule has 6 unspecified atom stereocenters. The second-order valence-electron chi connectivity index (χ2n) is 8.07. The third kappa shape index (κ3) is 4.53. The van der Waals surface area contributed by atoms with E-state index in [2.05, 4.69) is 0 Å². The topological polar surface area (TPSA) is 77.4 Å². The van der Waals surface area contributed by atoms with Crippen molar-refractivity contribution in [3.05, 3.63) is 71.8 Å². The maximum atomic E-state index is 10.8. The molecule has 2 aromatic carbocycles. The average molecular weight is 400 g/mol. The van der Waals surface area contributed by atoms with Crippen LogP contribution in [0.3, 0.4) is 0 Å². The van der Waals surface area contributed by atoms with E-state index < -0.39 is 42.4 Å². The summed E-state index contributed by atoms with van der Waals surface area (Å²) in [5.74, 6) is -0.859. The van der Waals surface area contributed by atoms with Gasteiger partial charge in [0.05, 0.1) is 13.2 Å². The van der Waals surface area contributed by atoms with Crippen LogP contribution in [-0.2, 0) is 32.2 Å². The molecule has 0 radical (unpaired) electrons. The highest BCUT2D eigenvalue weighted by atomic mass is 16.8. The van der Waals surface area contributed by atoms with Crippen molar-refractivity contribution in [3.63, 3.8) is 0 Å². The van der Waals surface area contributed by atoms with Gasteiger partial charge in [0.15, 0.2) is 5.79 Å². The summed E-state index contributed by atoms with van der Waals surface area (Å²) >= 11 is 0. The normalized spacial score (nSPS) is 33.4. The van der Waals surface area contributed by atoms with Crippen molar-refractivity contribution in [1.82, 2.24) is 0 Å². The minimum Gasteiger partial charge on any atom is -0.387 e. The van der Waals surface area contributed by atoms with Crippen LogP contribution < -0.4 is 0 Å². The summed E-state index contributed by atoms with van der Waals surface area (Å²) in [7, 11) is 0. The highest BCUT2D eigenvalue weighted by Gasteiger charge is 2.58. The molecule has 0 spiro atoms. The molecule has 6 heteroatoms. The summed E-state index contributed by atoms with van der Waals surface area (Å²) in [4.78, 5) is 0. The Morgan fingerprint density at radius 2 is 1.10 bits per heavy atom. The standard InChI is InChI=1S/C23H28O6/c1-23(2)28-21-19(26-13-15-9-5-3-6-10-15)17(24)18(25)20(22(21)29-23)27-14-16-11-7-4-8-12-16/h3-12,17-22,24-25H,13-14H2,1-2H3. The molecule has 4 rings (SSSR count). The van der Waals surface area contributed by atoms with Crippen LogP contribution in [0.4, 0.5) is 0 Å². The first-order valence-corrected chi connectivity index (χ1v) is 9.97. The van der Waals surface area contributed by atoms with Gasteiger partial charge >= 0.3 is 0 Å². The third-order valence-corrected chi connectivity index (χ3v) is 5.40. The van der Waals surface area contributed by atoms with Crippen molar-refractivity contribution in [2.75, 3.05) is 0 Å². The van der Waals surface area contributed by atoms with E-state index in [-0.39, 0.29) is 0 Å². The molecule has 1 aliphatic carbocycles. The van der Waals surface area contributed by atoms with E-state index in [0.29, 0.717) is 13.2 Å². The summed E-state index contributed by atoms with van der Waals surface area (Å²) in [5.41, 5.74) is 1.96. The van der Waals surface area contributed by atoms with Gasteiger partial charge in [0.2, 0.25) is 0 Å². The number of ether oxygens (including phenoxy) is 4. The van der Waals surface area contributed by atoms with Gasteiger partial charge in [-0.15, -0.1) is 0 Å². The van der Waals surface area contributed by atoms with Crippen LogP contribution in [0.15, 0.2) is 60.7 Å². The van der Waals surface area contributed by atoms with Crippen molar-refractivity contribution in [1.29, 1.82) is 0 Å². The lowest BCUT2D eigenvalue weighted by Gasteiger charge is -2.43. The van der Waals surface area contributed by atoms with Crippen LogP contribution in [0.2, 0.25) is 0 Å². The minimum atomic E-state index is -1.15. The van der Waals surface area contributed by atoms with Gasteiger partial charge in [0.1, 0.15) is 36.6 Å². The monoisotopic (exact) mass is 400 g/mol. The maximum Gasteiger partial charge on any atom is 0.164 e. The van der Waals surface area contributed by atoms with Crippen molar-refractivity contribution in [2.24, 2.45) is 0 Å². The first-order chi connectivity index (χ1) is 13.9. The van der Waals surface area contributed by atoms with E-state index in [1.807, 2.05) is 74.5 Å². The van der Waals surface area contributed by atoms with Crippen LogP contribution in [0, 0.1) is 0 Å². The molecule has 2 N–H and O–H groups in total. The van der Waals surface area contributed by atoms with Crippen molar-refractivity contribution in [2.45, 2.75) is 69.5 Å². The second kappa shape index (κ2) is 8.52. The summed E-state index contributed by atoms with van der Waals surface area (Å²) in [5, 5.41) is 21.6. The lowest BCUT2D eigenvalue weighted by Crippen LogP contribution is -2.63. The van der Waals surface area contributed by atoms with Gasteiger partial charge < -0.3 is 29.2 Å². The molecule has 0 aromatic heterocycles. The molecule has 2 aliphatic rings. The minimum absolute atomic E-state index is 0.303. The predicted molar refractivity (Wildman–Crippen MR) is 106 cm³/mol. The largest absolute Gasteiger partial charge is 0.387 e. The Bertz CT molecular complexity index is 715. The fraction of sp³-hybridized carbons (Fsp3) is 0.478. The first-order valence-electron chi connectivity index (χ1n) is 9.97. The Hall–Kier alpha value is -1.80. The lowest BCUT2D eigenvalue weighted by atomic mass is 9.84. The highest BCUT2D eigenvalue weighted by Crippen LogP contribution is 2.40. The predicted octanol–water partition coefficient (Wildman–Crippen LogP) is 2.41. The number of aliphatic hydroxyl groups is 2. The van der Waals surface area contributed by atoms with E-state index in [0.717, 1.165) is 11.1 Å². The van der Waals surface area contributed by atoms with Gasteiger partial charge in [-0.05, 0) is 25.0 Å². The van der Waals surface area contributed by atoms with Crippen molar-refractivity contribution >= 4 is 0 Å². The van der Waals surface area contributed by atoms with Crippen molar-refractivity contribution < 1.29 is 29.2 Å².